The van der Waals surface area contributed by atoms with Crippen molar-refractivity contribution in [2.45, 2.75) is 45.3 Å². The molecule has 0 amide bonds. The molecule has 0 aromatic heterocycles. The van der Waals surface area contributed by atoms with E-state index in [-0.39, 0.29) is 30.1 Å². The summed E-state index contributed by atoms with van der Waals surface area (Å²) in [6.45, 7) is 5.57. The molecule has 25 heavy (non-hydrogen) atoms. The lowest BCUT2D eigenvalue weighted by atomic mass is 10.1. The minimum absolute atomic E-state index is 0. The maximum atomic E-state index is 9.72. The van der Waals surface area contributed by atoms with Gasteiger partial charge in [-0.1, -0.05) is 25.5 Å². The van der Waals surface area contributed by atoms with E-state index in [0.29, 0.717) is 6.54 Å². The van der Waals surface area contributed by atoms with Crippen LogP contribution in [-0.4, -0.2) is 55.8 Å². The average Bonchev–Trinajstić information content (AvgIpc) is 2.59. The van der Waals surface area contributed by atoms with Crippen molar-refractivity contribution in [1.29, 1.82) is 0 Å². The van der Waals surface area contributed by atoms with E-state index in [1.54, 1.807) is 0 Å². The van der Waals surface area contributed by atoms with Crippen molar-refractivity contribution in [2.24, 2.45) is 4.99 Å². The molecule has 0 saturated carbocycles. The van der Waals surface area contributed by atoms with Crippen LogP contribution in [0.4, 0.5) is 5.69 Å². The van der Waals surface area contributed by atoms with Gasteiger partial charge in [0.1, 0.15) is 0 Å². The summed E-state index contributed by atoms with van der Waals surface area (Å²) in [6, 6.07) is 8.51. The summed E-state index contributed by atoms with van der Waals surface area (Å²) in [6.07, 6.45) is 3.81. The van der Waals surface area contributed by atoms with Gasteiger partial charge in [-0.2, -0.15) is 0 Å². The monoisotopic (exact) mass is 460 g/mol. The van der Waals surface area contributed by atoms with Gasteiger partial charge in [0.25, 0.3) is 0 Å². The van der Waals surface area contributed by atoms with E-state index in [0.717, 1.165) is 44.9 Å². The average molecular weight is 460 g/mol. The lowest BCUT2D eigenvalue weighted by Crippen LogP contribution is -2.46. The van der Waals surface area contributed by atoms with Crippen molar-refractivity contribution in [3.63, 3.8) is 0 Å². The summed E-state index contributed by atoms with van der Waals surface area (Å²) in [7, 11) is 4.11. The molecular weight excluding hydrogens is 427 g/mol. The number of aliphatic hydroxyl groups excluding tert-OH is 1. The second-order valence-electron chi connectivity index (χ2n) is 6.70. The number of benzene rings is 1. The molecule has 2 N–H and O–H groups in total. The predicted molar refractivity (Wildman–Crippen MR) is 117 cm³/mol. The van der Waals surface area contributed by atoms with Crippen LogP contribution < -0.4 is 10.2 Å². The Kier molecular flexibility index (Phi) is 10.2. The molecule has 1 aromatic carbocycles. The zero-order valence-corrected chi connectivity index (χ0v) is 18.1. The summed E-state index contributed by atoms with van der Waals surface area (Å²) in [5, 5.41) is 13.2. The number of aliphatic hydroxyl groups is 1. The third-order valence-corrected chi connectivity index (χ3v) is 4.42. The number of halogens is 1. The van der Waals surface area contributed by atoms with E-state index in [1.807, 2.05) is 0 Å². The van der Waals surface area contributed by atoms with Crippen LogP contribution in [0, 0.1) is 0 Å². The van der Waals surface area contributed by atoms with E-state index in [4.69, 9.17) is 4.99 Å². The van der Waals surface area contributed by atoms with Gasteiger partial charge in [-0.3, -0.25) is 0 Å². The summed E-state index contributed by atoms with van der Waals surface area (Å²) in [5.74, 6) is 0.977. The normalized spacial score (nSPS) is 15.7. The second-order valence-corrected chi connectivity index (χ2v) is 6.70. The highest BCUT2D eigenvalue weighted by Crippen LogP contribution is 2.15. The molecule has 5 nitrogen and oxygen atoms in total. The SMILES string of the molecule is CCCCNC(=NCc1cccc(N(C)C)c1)N1CCC(O)CC1.I. The lowest BCUT2D eigenvalue weighted by Gasteiger charge is -2.32. The molecule has 6 heteroatoms. The second kappa shape index (κ2) is 11.6. The number of hydrogen-bond donors (Lipinski definition) is 2. The first kappa shape index (κ1) is 22.0. The molecule has 142 valence electrons. The Hall–Kier alpha value is -1.02. The smallest absolute Gasteiger partial charge is 0.194 e. The first-order valence-corrected chi connectivity index (χ1v) is 9.07. The van der Waals surface area contributed by atoms with Gasteiger partial charge in [0.2, 0.25) is 0 Å². The molecule has 1 aliphatic rings. The van der Waals surface area contributed by atoms with E-state index in [1.165, 1.54) is 17.7 Å². The molecule has 0 aliphatic carbocycles. The molecule has 0 bridgehead atoms. The van der Waals surface area contributed by atoms with Crippen LogP contribution in [0.3, 0.4) is 0 Å². The summed E-state index contributed by atoms with van der Waals surface area (Å²) < 4.78 is 0. The van der Waals surface area contributed by atoms with Gasteiger partial charge in [0.05, 0.1) is 12.6 Å². The molecular formula is C19H33IN4O. The van der Waals surface area contributed by atoms with Gasteiger partial charge in [-0.25, -0.2) is 4.99 Å². The zero-order valence-electron chi connectivity index (χ0n) is 15.7. The number of nitrogens with zero attached hydrogens (tertiary/aromatic N) is 3. The topological polar surface area (TPSA) is 51.1 Å². The van der Waals surface area contributed by atoms with Gasteiger partial charge in [0.15, 0.2) is 5.96 Å². The number of piperidine rings is 1. The number of anilines is 1. The van der Waals surface area contributed by atoms with Crippen molar-refractivity contribution in [3.05, 3.63) is 29.8 Å². The molecule has 1 aliphatic heterocycles. The van der Waals surface area contributed by atoms with Crippen molar-refractivity contribution in [2.75, 3.05) is 38.6 Å². The number of unbranched alkanes of at least 4 members (excludes halogenated alkanes) is 1. The number of aliphatic imine (C=N–C) groups is 1. The number of hydrogen-bond acceptors (Lipinski definition) is 3. The van der Waals surface area contributed by atoms with Crippen LogP contribution in [0.15, 0.2) is 29.3 Å². The Morgan fingerprint density at radius 2 is 2.04 bits per heavy atom. The van der Waals surface area contributed by atoms with Gasteiger partial charge >= 0.3 is 0 Å². The zero-order chi connectivity index (χ0) is 17.4. The van der Waals surface area contributed by atoms with E-state index < -0.39 is 0 Å². The minimum atomic E-state index is -0.157. The Bertz CT molecular complexity index is 528. The van der Waals surface area contributed by atoms with Crippen LogP contribution in [-0.2, 0) is 6.54 Å². The van der Waals surface area contributed by atoms with Crippen molar-refractivity contribution < 1.29 is 5.11 Å². The Balaban J connectivity index is 0.00000312. The fraction of sp³-hybridized carbons (Fsp3) is 0.632. The van der Waals surface area contributed by atoms with Gasteiger partial charge in [0, 0.05) is 39.4 Å². The summed E-state index contributed by atoms with van der Waals surface area (Å²) in [4.78, 5) is 9.23. The van der Waals surface area contributed by atoms with Crippen molar-refractivity contribution >= 4 is 35.6 Å². The first-order chi connectivity index (χ1) is 11.6. The molecule has 0 unspecified atom stereocenters. The fourth-order valence-corrected chi connectivity index (χ4v) is 2.82. The van der Waals surface area contributed by atoms with Crippen LogP contribution >= 0.6 is 24.0 Å². The molecule has 0 radical (unpaired) electrons. The molecule has 0 spiro atoms. The van der Waals surface area contributed by atoms with E-state index >= 15 is 0 Å². The quantitative estimate of drug-likeness (QED) is 0.297. The Morgan fingerprint density at radius 3 is 2.68 bits per heavy atom. The largest absolute Gasteiger partial charge is 0.393 e. The highest BCUT2D eigenvalue weighted by molar-refractivity contribution is 14.0. The number of nitrogens with one attached hydrogen (secondary N) is 1. The number of guanidine groups is 1. The van der Waals surface area contributed by atoms with Crippen LogP contribution in [0.2, 0.25) is 0 Å². The highest BCUT2D eigenvalue weighted by Gasteiger charge is 2.19. The predicted octanol–water partition coefficient (Wildman–Crippen LogP) is 3.07. The van der Waals surface area contributed by atoms with Crippen LogP contribution in [0.1, 0.15) is 38.2 Å². The van der Waals surface area contributed by atoms with Gasteiger partial charge in [-0.15, -0.1) is 24.0 Å². The van der Waals surface area contributed by atoms with Crippen LogP contribution in [0.5, 0.6) is 0 Å². The molecule has 0 atom stereocenters. The van der Waals surface area contributed by atoms with Gasteiger partial charge < -0.3 is 20.2 Å². The van der Waals surface area contributed by atoms with E-state index in [2.05, 4.69) is 60.4 Å². The highest BCUT2D eigenvalue weighted by atomic mass is 127. The van der Waals surface area contributed by atoms with Gasteiger partial charge in [-0.05, 0) is 37.0 Å². The number of likely N-dealkylation sites (tertiary alicyclic amines) is 1. The minimum Gasteiger partial charge on any atom is -0.393 e. The fourth-order valence-electron chi connectivity index (χ4n) is 2.82. The first-order valence-electron chi connectivity index (χ1n) is 9.07. The molecule has 2 rings (SSSR count). The van der Waals surface area contributed by atoms with Crippen LogP contribution in [0.25, 0.3) is 0 Å². The molecule has 1 heterocycles. The standard InChI is InChI=1S/C19H32N4O.HI/c1-4-5-11-20-19(23-12-9-18(24)10-13-23)21-15-16-7-6-8-17(14-16)22(2)3;/h6-8,14,18,24H,4-5,9-13,15H2,1-3H3,(H,20,21);1H. The van der Waals surface area contributed by atoms with E-state index in [9.17, 15) is 5.11 Å². The summed E-state index contributed by atoms with van der Waals surface area (Å²) >= 11 is 0. The Labute approximate surface area is 169 Å². The number of rotatable bonds is 6. The maximum Gasteiger partial charge on any atom is 0.194 e. The Morgan fingerprint density at radius 1 is 1.32 bits per heavy atom. The molecule has 1 fully saturated rings. The molecule has 1 aromatic rings. The third kappa shape index (κ3) is 7.40. The lowest BCUT2D eigenvalue weighted by molar-refractivity contribution is 0.108. The van der Waals surface area contributed by atoms with Crippen molar-refractivity contribution in [1.82, 2.24) is 10.2 Å². The summed E-state index contributed by atoms with van der Waals surface area (Å²) in [5.41, 5.74) is 2.41. The third-order valence-electron chi connectivity index (χ3n) is 4.42. The molecule has 1 saturated heterocycles. The van der Waals surface area contributed by atoms with Crippen molar-refractivity contribution in [3.8, 4) is 0 Å². The maximum absolute atomic E-state index is 9.72.